The lowest BCUT2D eigenvalue weighted by Gasteiger charge is -2.36. The predicted octanol–water partition coefficient (Wildman–Crippen LogP) is 6.33. The Morgan fingerprint density at radius 1 is 0.549 bits per heavy atom. The summed E-state index contributed by atoms with van der Waals surface area (Å²) in [5, 5.41) is 5.72. The van der Waals surface area contributed by atoms with E-state index in [0.29, 0.717) is 23.2 Å². The van der Waals surface area contributed by atoms with Gasteiger partial charge in [0.25, 0.3) is 0 Å². The molecule has 2 aromatic heterocycles. The normalized spacial score (nSPS) is 17.6. The summed E-state index contributed by atoms with van der Waals surface area (Å²) in [5.74, 6) is 1.31. The number of anilines is 2. The van der Waals surface area contributed by atoms with Gasteiger partial charge in [-0.1, -0.05) is 12.1 Å². The molecule has 0 unspecified atom stereocenters. The SMILES string of the molecule is COc1ccc(N2CCN(C(C)=O)CC2)cc1CCN1CCC(n2ccc3ccc(C(N)=O)cc32)CC1.COc1ccc(N2CCNCC2)cc1CCN1CCC(n2ccc3ccc(C(N)=O)cc32)CC1. The summed E-state index contributed by atoms with van der Waals surface area (Å²) in [4.78, 5) is 46.8. The second-order valence-corrected chi connectivity index (χ2v) is 19.6. The van der Waals surface area contributed by atoms with Crippen LogP contribution in [0.15, 0.2) is 97.3 Å². The Balaban J connectivity index is 0.000000176. The van der Waals surface area contributed by atoms with Crippen molar-refractivity contribution in [2.24, 2.45) is 11.5 Å². The van der Waals surface area contributed by atoms with E-state index in [1.807, 2.05) is 35.2 Å². The van der Waals surface area contributed by atoms with Crippen LogP contribution >= 0.6 is 0 Å². The Kier molecular flexibility index (Phi) is 15.8. The van der Waals surface area contributed by atoms with E-state index in [0.717, 1.165) is 163 Å². The van der Waals surface area contributed by atoms with Crippen molar-refractivity contribution in [1.82, 2.24) is 29.2 Å². The first-order valence-electron chi connectivity index (χ1n) is 25.6. The Morgan fingerprint density at radius 2 is 0.986 bits per heavy atom. The van der Waals surface area contributed by atoms with Crippen LogP contribution in [-0.2, 0) is 17.6 Å². The third-order valence-corrected chi connectivity index (χ3v) is 15.4. The van der Waals surface area contributed by atoms with Gasteiger partial charge in [0, 0.05) is 157 Å². The number of fused-ring (bicyclic) bond motifs is 2. The van der Waals surface area contributed by atoms with Crippen molar-refractivity contribution in [2.75, 3.05) is 116 Å². The monoisotopic (exact) mass is 965 g/mol. The highest BCUT2D eigenvalue weighted by atomic mass is 16.5. The number of nitrogens with two attached hydrogens (primary N) is 2. The quantitative estimate of drug-likeness (QED) is 0.113. The average molecular weight is 965 g/mol. The van der Waals surface area contributed by atoms with E-state index in [9.17, 15) is 14.4 Å². The van der Waals surface area contributed by atoms with E-state index in [4.69, 9.17) is 20.9 Å². The molecule has 4 aliphatic rings. The van der Waals surface area contributed by atoms with Crippen molar-refractivity contribution in [3.8, 4) is 11.5 Å². The highest BCUT2D eigenvalue weighted by Gasteiger charge is 2.25. The third kappa shape index (κ3) is 11.6. The molecule has 0 saturated carbocycles. The first-order valence-corrected chi connectivity index (χ1v) is 25.6. The lowest BCUT2D eigenvalue weighted by Crippen LogP contribution is -2.48. The van der Waals surface area contributed by atoms with Gasteiger partial charge in [-0.25, -0.2) is 0 Å². The molecule has 3 amide bonds. The summed E-state index contributed by atoms with van der Waals surface area (Å²) >= 11 is 0. The van der Waals surface area contributed by atoms with Gasteiger partial charge < -0.3 is 59.9 Å². The van der Waals surface area contributed by atoms with Gasteiger partial charge in [-0.2, -0.15) is 0 Å². The standard InChI is InChI=1S/C29H37N5O3.C27H35N5O2/c1-21(35)32-15-17-33(18-16-32)26-5-6-28(37-2)23(19-26)7-11-31-12-9-25(10-13-31)34-14-8-22-3-4-24(29(30)36)20-27(22)34;1-34-26-5-4-24(31-16-10-29-11-17-31)18-21(26)6-12-30-13-8-23(9-14-30)32-15-7-20-2-3-22(27(28)33)19-25(20)32/h3-6,8,14,19-20,25H,7,9-13,15-18H2,1-2H3,(H2,30,36);2-5,7,15,18-19,23,29H,6,8-14,16-17H2,1H3,(H2,28,33). The van der Waals surface area contributed by atoms with Crippen molar-refractivity contribution < 1.29 is 23.9 Å². The molecule has 15 heteroatoms. The van der Waals surface area contributed by atoms with Crippen molar-refractivity contribution in [3.63, 3.8) is 0 Å². The van der Waals surface area contributed by atoms with Gasteiger partial charge in [-0.05, 0) is 133 Å². The zero-order chi connectivity index (χ0) is 49.4. The number of amides is 3. The molecule has 4 saturated heterocycles. The van der Waals surface area contributed by atoms with Gasteiger partial charge in [-0.15, -0.1) is 0 Å². The second kappa shape index (κ2) is 22.7. The van der Waals surface area contributed by atoms with Gasteiger partial charge in [0.15, 0.2) is 0 Å². The Labute approximate surface area is 418 Å². The molecule has 0 aliphatic carbocycles. The maximum Gasteiger partial charge on any atom is 0.248 e. The fourth-order valence-electron chi connectivity index (χ4n) is 11.2. The van der Waals surface area contributed by atoms with Crippen LogP contribution in [0, 0.1) is 0 Å². The number of likely N-dealkylation sites (tertiary alicyclic amines) is 2. The van der Waals surface area contributed by atoms with Crippen LogP contribution in [0.3, 0.4) is 0 Å². The zero-order valence-electron chi connectivity index (χ0n) is 41.9. The van der Waals surface area contributed by atoms with Gasteiger partial charge in [0.2, 0.25) is 17.7 Å². The molecule has 6 heterocycles. The minimum Gasteiger partial charge on any atom is -0.496 e. The van der Waals surface area contributed by atoms with Gasteiger partial charge in [0.05, 0.1) is 14.2 Å². The van der Waals surface area contributed by atoms with Crippen LogP contribution in [0.25, 0.3) is 21.8 Å². The largest absolute Gasteiger partial charge is 0.496 e. The maximum atomic E-state index is 11.7. The van der Waals surface area contributed by atoms with Crippen LogP contribution in [0.1, 0.15) is 76.5 Å². The van der Waals surface area contributed by atoms with Crippen molar-refractivity contribution in [1.29, 1.82) is 0 Å². The number of nitrogens with zero attached hydrogens (tertiary/aromatic N) is 7. The molecular formula is C56H72N10O5. The minimum atomic E-state index is -0.387. The van der Waals surface area contributed by atoms with Crippen LogP contribution in [-0.4, -0.2) is 147 Å². The third-order valence-electron chi connectivity index (χ3n) is 15.4. The van der Waals surface area contributed by atoms with Crippen molar-refractivity contribution in [3.05, 3.63) is 120 Å². The summed E-state index contributed by atoms with van der Waals surface area (Å²) in [7, 11) is 3.50. The second-order valence-electron chi connectivity index (χ2n) is 19.6. The van der Waals surface area contributed by atoms with E-state index in [1.165, 1.54) is 22.5 Å². The fraction of sp³-hybridized carbons (Fsp3) is 0.446. The van der Waals surface area contributed by atoms with Gasteiger partial charge in [0.1, 0.15) is 11.5 Å². The fourth-order valence-corrected chi connectivity index (χ4v) is 11.2. The highest BCUT2D eigenvalue weighted by molar-refractivity contribution is 5.97. The number of nitrogens with one attached hydrogen (secondary N) is 1. The maximum absolute atomic E-state index is 11.7. The van der Waals surface area contributed by atoms with Crippen molar-refractivity contribution in [2.45, 2.75) is 57.5 Å². The Morgan fingerprint density at radius 3 is 1.39 bits per heavy atom. The molecule has 6 aromatic rings. The minimum absolute atomic E-state index is 0.152. The van der Waals surface area contributed by atoms with Crippen LogP contribution in [0.4, 0.5) is 11.4 Å². The zero-order valence-corrected chi connectivity index (χ0v) is 41.9. The number of ether oxygens (including phenoxy) is 2. The summed E-state index contributed by atoms with van der Waals surface area (Å²) in [6, 6.07) is 29.6. The van der Waals surface area contributed by atoms with E-state index in [1.54, 1.807) is 27.2 Å². The highest BCUT2D eigenvalue weighted by Crippen LogP contribution is 2.33. The molecule has 15 nitrogen and oxygen atoms in total. The molecule has 4 aliphatic heterocycles. The molecular weight excluding hydrogens is 893 g/mol. The molecule has 10 rings (SSSR count). The molecule has 0 bridgehead atoms. The lowest BCUT2D eigenvalue weighted by atomic mass is 10.0. The first kappa shape index (κ1) is 49.4. The van der Waals surface area contributed by atoms with Crippen LogP contribution in [0.2, 0.25) is 0 Å². The summed E-state index contributed by atoms with van der Waals surface area (Å²) in [6.45, 7) is 15.3. The van der Waals surface area contributed by atoms with Gasteiger partial charge in [-0.3, -0.25) is 14.4 Å². The molecule has 71 heavy (non-hydrogen) atoms. The number of benzene rings is 4. The number of methoxy groups -OCH3 is 2. The Hall–Kier alpha value is -6.55. The molecule has 376 valence electrons. The number of hydrogen-bond donors (Lipinski definition) is 3. The predicted molar refractivity (Wildman–Crippen MR) is 283 cm³/mol. The molecule has 4 fully saturated rings. The molecule has 0 atom stereocenters. The molecule has 0 radical (unpaired) electrons. The number of carbonyl (C=O) groups excluding carboxylic acids is 3. The lowest BCUT2D eigenvalue weighted by molar-refractivity contribution is -0.129. The van der Waals surface area contributed by atoms with E-state index >= 15 is 0 Å². The molecule has 5 N–H and O–H groups in total. The summed E-state index contributed by atoms with van der Waals surface area (Å²) in [5.41, 5.74) is 19.3. The van der Waals surface area contributed by atoms with Crippen molar-refractivity contribution >= 4 is 50.9 Å². The van der Waals surface area contributed by atoms with Crippen LogP contribution in [0.5, 0.6) is 11.5 Å². The first-order chi connectivity index (χ1) is 34.5. The number of aromatic nitrogens is 2. The average Bonchev–Trinajstić information content (AvgIpc) is 4.04. The van der Waals surface area contributed by atoms with E-state index in [-0.39, 0.29) is 17.7 Å². The number of piperazine rings is 2. The topological polar surface area (TPSA) is 160 Å². The summed E-state index contributed by atoms with van der Waals surface area (Å²) in [6.07, 6.45) is 10.6. The number of primary amides is 2. The van der Waals surface area contributed by atoms with Gasteiger partial charge >= 0.3 is 0 Å². The molecule has 4 aromatic carbocycles. The molecule has 0 spiro atoms. The van der Waals surface area contributed by atoms with E-state index in [2.05, 4.69) is 95.0 Å². The number of hydrogen-bond acceptors (Lipinski definition) is 10. The smallest absolute Gasteiger partial charge is 0.248 e. The summed E-state index contributed by atoms with van der Waals surface area (Å²) < 4.78 is 16.0. The number of piperidine rings is 2. The Bertz CT molecular complexity index is 2790. The number of rotatable bonds is 14. The van der Waals surface area contributed by atoms with E-state index < -0.39 is 0 Å². The number of carbonyl (C=O) groups is 3. The van der Waals surface area contributed by atoms with Crippen LogP contribution < -0.4 is 36.1 Å².